The molecule has 0 saturated carbocycles. The number of benzene rings is 3. The minimum atomic E-state index is -0.252. The highest BCUT2D eigenvalue weighted by atomic mass is 79.9. The van der Waals surface area contributed by atoms with Gasteiger partial charge in [-0.25, -0.2) is 0 Å². The maximum absolute atomic E-state index is 12.7. The Morgan fingerprint density at radius 1 is 1.17 bits per heavy atom. The number of nitrogens with one attached hydrogen (secondary N) is 1. The molecule has 1 amide bonds. The molecule has 0 aliphatic carbocycles. The lowest BCUT2D eigenvalue weighted by Crippen LogP contribution is -2.13. The van der Waals surface area contributed by atoms with Crippen molar-refractivity contribution in [3.05, 3.63) is 69.2 Å². The van der Waals surface area contributed by atoms with E-state index >= 15 is 0 Å². The maximum Gasteiger partial charge on any atom is 0.259 e. The van der Waals surface area contributed by atoms with Gasteiger partial charge in [0.1, 0.15) is 5.75 Å². The molecule has 0 bridgehead atoms. The summed E-state index contributed by atoms with van der Waals surface area (Å²) in [6.45, 7) is 1.91. The van der Waals surface area contributed by atoms with Crippen LogP contribution in [0.1, 0.15) is 15.9 Å². The Morgan fingerprint density at radius 2 is 1.92 bits per heavy atom. The number of carbonyl (C=O) groups excluding carboxylic acids is 1. The van der Waals surface area contributed by atoms with Gasteiger partial charge in [-0.05, 0) is 57.4 Å². The molecule has 0 atom stereocenters. The second kappa shape index (κ2) is 6.83. The minimum Gasteiger partial charge on any atom is -0.495 e. The number of anilines is 1. The number of ether oxygens (including phenoxy) is 1. The molecule has 0 saturated heterocycles. The van der Waals surface area contributed by atoms with Crippen molar-refractivity contribution in [3.63, 3.8) is 0 Å². The Bertz CT molecular complexity index is 940. The van der Waals surface area contributed by atoms with E-state index in [2.05, 4.69) is 21.2 Å². The van der Waals surface area contributed by atoms with Crippen LogP contribution in [0.5, 0.6) is 5.75 Å². The van der Waals surface area contributed by atoms with Gasteiger partial charge in [0.15, 0.2) is 0 Å². The number of hydrogen-bond acceptors (Lipinski definition) is 2. The quantitative estimate of drug-likeness (QED) is 0.597. The van der Waals surface area contributed by atoms with E-state index in [0.29, 0.717) is 22.0 Å². The van der Waals surface area contributed by atoms with Crippen molar-refractivity contribution in [2.45, 2.75) is 6.92 Å². The zero-order valence-corrected chi connectivity index (χ0v) is 15.5. The fourth-order valence-electron chi connectivity index (χ4n) is 2.52. The van der Waals surface area contributed by atoms with E-state index in [1.807, 2.05) is 49.4 Å². The zero-order chi connectivity index (χ0) is 17.3. The van der Waals surface area contributed by atoms with E-state index in [9.17, 15) is 4.79 Å². The van der Waals surface area contributed by atoms with E-state index < -0.39 is 0 Å². The minimum absolute atomic E-state index is 0.252. The summed E-state index contributed by atoms with van der Waals surface area (Å²) in [6, 6.07) is 15.1. The van der Waals surface area contributed by atoms with Gasteiger partial charge in [-0.3, -0.25) is 4.79 Å². The third-order valence-electron chi connectivity index (χ3n) is 3.82. The van der Waals surface area contributed by atoms with E-state index in [-0.39, 0.29) is 5.91 Å². The van der Waals surface area contributed by atoms with Gasteiger partial charge in [-0.15, -0.1) is 0 Å². The van der Waals surface area contributed by atoms with E-state index in [1.54, 1.807) is 13.2 Å². The predicted octanol–water partition coefficient (Wildman–Crippen LogP) is 5.83. The topological polar surface area (TPSA) is 38.3 Å². The molecular formula is C19H15BrClNO2. The maximum atomic E-state index is 12.7. The zero-order valence-electron chi connectivity index (χ0n) is 13.2. The molecular weight excluding hydrogens is 390 g/mol. The van der Waals surface area contributed by atoms with Gasteiger partial charge in [0, 0.05) is 10.7 Å². The van der Waals surface area contributed by atoms with Crippen molar-refractivity contribution in [1.29, 1.82) is 0 Å². The summed E-state index contributed by atoms with van der Waals surface area (Å²) in [5, 5.41) is 5.43. The third kappa shape index (κ3) is 3.12. The number of methoxy groups -OCH3 is 1. The first-order chi connectivity index (χ1) is 11.5. The summed E-state index contributed by atoms with van der Waals surface area (Å²) >= 11 is 9.66. The lowest BCUT2D eigenvalue weighted by atomic mass is 10.0. The SMILES string of the molecule is COc1c(C(=O)Nc2ccc(C)c(Cl)c2)cc2ccccc2c1Br. The van der Waals surface area contributed by atoms with Crippen LogP contribution in [0.15, 0.2) is 53.0 Å². The molecule has 0 unspecified atom stereocenters. The van der Waals surface area contributed by atoms with Gasteiger partial charge in [-0.2, -0.15) is 0 Å². The Balaban J connectivity index is 2.04. The van der Waals surface area contributed by atoms with Crippen LogP contribution in [0, 0.1) is 6.92 Å². The number of rotatable bonds is 3. The van der Waals surface area contributed by atoms with Crippen molar-refractivity contribution in [1.82, 2.24) is 0 Å². The number of aryl methyl sites for hydroxylation is 1. The van der Waals surface area contributed by atoms with Crippen molar-refractivity contribution >= 4 is 49.9 Å². The lowest BCUT2D eigenvalue weighted by molar-refractivity contribution is 0.102. The fraction of sp³-hybridized carbons (Fsp3) is 0.105. The molecule has 0 fully saturated rings. The summed E-state index contributed by atoms with van der Waals surface area (Å²) < 4.78 is 6.21. The molecule has 122 valence electrons. The second-order valence-electron chi connectivity index (χ2n) is 5.41. The van der Waals surface area contributed by atoms with Crippen LogP contribution in [0.2, 0.25) is 5.02 Å². The van der Waals surface area contributed by atoms with Crippen molar-refractivity contribution in [3.8, 4) is 5.75 Å². The highest BCUT2D eigenvalue weighted by Crippen LogP contribution is 2.37. The summed E-state index contributed by atoms with van der Waals surface area (Å²) in [4.78, 5) is 12.7. The van der Waals surface area contributed by atoms with Crippen LogP contribution >= 0.6 is 27.5 Å². The number of halogens is 2. The van der Waals surface area contributed by atoms with Crippen LogP contribution in [0.4, 0.5) is 5.69 Å². The van der Waals surface area contributed by atoms with E-state index in [1.165, 1.54) is 0 Å². The Hall–Kier alpha value is -2.04. The number of fused-ring (bicyclic) bond motifs is 1. The number of amides is 1. The summed E-state index contributed by atoms with van der Waals surface area (Å²) in [5.74, 6) is 0.252. The van der Waals surface area contributed by atoms with Gasteiger partial charge in [-0.1, -0.05) is 41.9 Å². The Labute approximate surface area is 153 Å². The van der Waals surface area contributed by atoms with Crippen LogP contribution in [0.3, 0.4) is 0 Å². The Kier molecular flexibility index (Phi) is 4.78. The average Bonchev–Trinajstić information content (AvgIpc) is 2.58. The molecule has 3 rings (SSSR count). The molecule has 3 aromatic rings. The molecule has 0 radical (unpaired) electrons. The molecule has 0 spiro atoms. The summed E-state index contributed by atoms with van der Waals surface area (Å²) in [7, 11) is 1.55. The predicted molar refractivity (Wildman–Crippen MR) is 102 cm³/mol. The monoisotopic (exact) mass is 403 g/mol. The van der Waals surface area contributed by atoms with Crippen LogP contribution < -0.4 is 10.1 Å². The van der Waals surface area contributed by atoms with Gasteiger partial charge in [0.05, 0.1) is 17.1 Å². The molecule has 5 heteroatoms. The van der Waals surface area contributed by atoms with Crippen LogP contribution in [-0.2, 0) is 0 Å². The summed E-state index contributed by atoms with van der Waals surface area (Å²) in [5.41, 5.74) is 2.06. The second-order valence-corrected chi connectivity index (χ2v) is 6.61. The largest absolute Gasteiger partial charge is 0.495 e. The molecule has 3 aromatic carbocycles. The molecule has 24 heavy (non-hydrogen) atoms. The molecule has 0 aliphatic heterocycles. The molecule has 0 heterocycles. The number of hydrogen-bond donors (Lipinski definition) is 1. The fourth-order valence-corrected chi connectivity index (χ4v) is 3.44. The van der Waals surface area contributed by atoms with Gasteiger partial charge in [0.25, 0.3) is 5.91 Å². The average molecular weight is 405 g/mol. The lowest BCUT2D eigenvalue weighted by Gasteiger charge is -2.14. The van der Waals surface area contributed by atoms with Gasteiger partial charge < -0.3 is 10.1 Å². The van der Waals surface area contributed by atoms with Crippen LogP contribution in [0.25, 0.3) is 10.8 Å². The number of carbonyl (C=O) groups is 1. The third-order valence-corrected chi connectivity index (χ3v) is 5.01. The molecule has 0 aliphatic rings. The first-order valence-electron chi connectivity index (χ1n) is 7.34. The standard InChI is InChI=1S/C19H15BrClNO2/c1-11-7-8-13(10-16(11)21)22-19(23)15-9-12-5-3-4-6-14(12)17(20)18(15)24-2/h3-10H,1-2H3,(H,22,23). The van der Waals surface area contributed by atoms with Crippen molar-refractivity contribution in [2.75, 3.05) is 12.4 Å². The molecule has 3 nitrogen and oxygen atoms in total. The first kappa shape index (κ1) is 16.8. The van der Waals surface area contributed by atoms with Crippen LogP contribution in [-0.4, -0.2) is 13.0 Å². The molecule has 0 aromatic heterocycles. The van der Waals surface area contributed by atoms with Gasteiger partial charge in [0.2, 0.25) is 0 Å². The van der Waals surface area contributed by atoms with Crippen molar-refractivity contribution in [2.24, 2.45) is 0 Å². The summed E-state index contributed by atoms with van der Waals surface area (Å²) in [6.07, 6.45) is 0. The van der Waals surface area contributed by atoms with E-state index in [4.69, 9.17) is 16.3 Å². The molecule has 1 N–H and O–H groups in total. The first-order valence-corrected chi connectivity index (χ1v) is 8.51. The highest BCUT2D eigenvalue weighted by molar-refractivity contribution is 9.10. The highest BCUT2D eigenvalue weighted by Gasteiger charge is 2.18. The van der Waals surface area contributed by atoms with E-state index in [0.717, 1.165) is 20.8 Å². The normalized spacial score (nSPS) is 10.7. The Morgan fingerprint density at radius 3 is 2.62 bits per heavy atom. The smallest absolute Gasteiger partial charge is 0.259 e. The van der Waals surface area contributed by atoms with Crippen molar-refractivity contribution < 1.29 is 9.53 Å². The van der Waals surface area contributed by atoms with Gasteiger partial charge >= 0.3 is 0 Å².